The molecule has 4 aromatic rings. The van der Waals surface area contributed by atoms with Gasteiger partial charge in [0.1, 0.15) is 17.2 Å². The monoisotopic (exact) mass is 345 g/mol. The van der Waals surface area contributed by atoms with E-state index in [4.69, 9.17) is 5.73 Å². The maximum atomic E-state index is 12.2. The van der Waals surface area contributed by atoms with Gasteiger partial charge >= 0.3 is 0 Å². The van der Waals surface area contributed by atoms with Gasteiger partial charge in [0.2, 0.25) is 0 Å². The third-order valence-corrected chi connectivity index (χ3v) is 4.00. The van der Waals surface area contributed by atoms with Crippen LogP contribution in [0.3, 0.4) is 0 Å². The molecular weight excluding hydrogens is 330 g/mol. The molecule has 7 nitrogen and oxygen atoms in total. The number of imidazole rings is 1. The molecule has 4 rings (SSSR count). The van der Waals surface area contributed by atoms with Crippen molar-refractivity contribution in [1.82, 2.24) is 15.0 Å². The second-order valence-electron chi connectivity index (χ2n) is 5.78. The van der Waals surface area contributed by atoms with Crippen LogP contribution in [-0.4, -0.2) is 26.8 Å². The number of aromatic amines is 2. The van der Waals surface area contributed by atoms with E-state index in [1.807, 2.05) is 36.4 Å². The Hall–Kier alpha value is -3.87. The number of H-pyrrole nitrogens is 2. The predicted molar refractivity (Wildman–Crippen MR) is 98.8 cm³/mol. The van der Waals surface area contributed by atoms with E-state index >= 15 is 0 Å². The van der Waals surface area contributed by atoms with Crippen LogP contribution >= 0.6 is 0 Å². The molecule has 0 aliphatic rings. The lowest BCUT2D eigenvalue weighted by Gasteiger charge is -2.04. The van der Waals surface area contributed by atoms with E-state index in [0.29, 0.717) is 5.69 Å². The third-order valence-electron chi connectivity index (χ3n) is 4.00. The van der Waals surface area contributed by atoms with E-state index in [2.05, 4.69) is 20.3 Å². The standard InChI is InChI=1S/C19H15N5O2/c20-17(25)15-9-10-16(22-15)19(26)21-12-7-5-11(6-8-12)18-23-13-3-1-2-4-14(13)24-18/h1-10,22H,(H2,20,25)(H,21,26)(H,23,24). The zero-order valence-electron chi connectivity index (χ0n) is 13.6. The number of benzene rings is 2. The molecule has 0 aliphatic heterocycles. The van der Waals surface area contributed by atoms with Crippen molar-refractivity contribution in [2.75, 3.05) is 5.32 Å². The molecule has 2 aromatic carbocycles. The highest BCUT2D eigenvalue weighted by molar-refractivity contribution is 6.04. The van der Waals surface area contributed by atoms with E-state index in [1.54, 1.807) is 12.1 Å². The Morgan fingerprint density at radius 1 is 0.885 bits per heavy atom. The van der Waals surface area contributed by atoms with Gasteiger partial charge in [-0.05, 0) is 48.5 Å². The maximum absolute atomic E-state index is 12.2. The van der Waals surface area contributed by atoms with Crippen molar-refractivity contribution in [3.8, 4) is 11.4 Å². The van der Waals surface area contributed by atoms with Crippen molar-refractivity contribution in [1.29, 1.82) is 0 Å². The Morgan fingerprint density at radius 2 is 1.62 bits per heavy atom. The van der Waals surface area contributed by atoms with E-state index in [9.17, 15) is 9.59 Å². The fourth-order valence-corrected chi connectivity index (χ4v) is 2.67. The highest BCUT2D eigenvalue weighted by atomic mass is 16.2. The van der Waals surface area contributed by atoms with Gasteiger partial charge in [-0.3, -0.25) is 9.59 Å². The number of carbonyl (C=O) groups excluding carboxylic acids is 2. The molecule has 0 radical (unpaired) electrons. The normalized spacial score (nSPS) is 10.8. The Balaban J connectivity index is 1.51. The van der Waals surface area contributed by atoms with Gasteiger partial charge in [-0.25, -0.2) is 4.98 Å². The van der Waals surface area contributed by atoms with Crippen molar-refractivity contribution < 1.29 is 9.59 Å². The van der Waals surface area contributed by atoms with Crippen LogP contribution in [0.5, 0.6) is 0 Å². The number of nitrogens with two attached hydrogens (primary N) is 1. The van der Waals surface area contributed by atoms with Crippen LogP contribution in [0.1, 0.15) is 21.0 Å². The fourth-order valence-electron chi connectivity index (χ4n) is 2.67. The summed E-state index contributed by atoms with van der Waals surface area (Å²) in [6.07, 6.45) is 0. The number of hydrogen-bond acceptors (Lipinski definition) is 3. The van der Waals surface area contributed by atoms with Crippen molar-refractivity contribution in [3.63, 3.8) is 0 Å². The number of rotatable bonds is 4. The molecule has 0 saturated heterocycles. The van der Waals surface area contributed by atoms with Gasteiger partial charge in [0.15, 0.2) is 0 Å². The molecule has 0 bridgehead atoms. The summed E-state index contributed by atoms with van der Waals surface area (Å²) in [4.78, 5) is 33.8. The Labute approximate surface area is 148 Å². The maximum Gasteiger partial charge on any atom is 0.272 e. The summed E-state index contributed by atoms with van der Waals surface area (Å²) in [6, 6.07) is 18.1. The number of nitrogens with one attached hydrogen (secondary N) is 3. The van der Waals surface area contributed by atoms with Crippen LogP contribution in [-0.2, 0) is 0 Å². The third kappa shape index (κ3) is 2.93. The van der Waals surface area contributed by atoms with Crippen molar-refractivity contribution in [2.24, 2.45) is 5.73 Å². The fraction of sp³-hybridized carbons (Fsp3) is 0. The number of nitrogens with zero attached hydrogens (tertiary/aromatic N) is 1. The van der Waals surface area contributed by atoms with Gasteiger partial charge in [-0.2, -0.15) is 0 Å². The molecule has 128 valence electrons. The van der Waals surface area contributed by atoms with Crippen LogP contribution in [0.2, 0.25) is 0 Å². The molecule has 2 heterocycles. The summed E-state index contributed by atoms with van der Waals surface area (Å²) in [5.41, 5.74) is 9.03. The number of fused-ring (bicyclic) bond motifs is 1. The minimum absolute atomic E-state index is 0.190. The van der Waals surface area contributed by atoms with E-state index in [0.717, 1.165) is 22.4 Å². The number of primary amides is 1. The summed E-state index contributed by atoms with van der Waals surface area (Å²) >= 11 is 0. The lowest BCUT2D eigenvalue weighted by Crippen LogP contribution is -2.15. The van der Waals surface area contributed by atoms with Crippen LogP contribution in [0.15, 0.2) is 60.7 Å². The summed E-state index contributed by atoms with van der Waals surface area (Å²) in [5, 5.41) is 2.76. The average Bonchev–Trinajstić information content (AvgIpc) is 3.29. The molecule has 0 fully saturated rings. The number of hydrogen-bond donors (Lipinski definition) is 4. The van der Waals surface area contributed by atoms with Crippen LogP contribution in [0, 0.1) is 0 Å². The molecular formula is C19H15N5O2. The first-order valence-corrected chi connectivity index (χ1v) is 7.95. The molecule has 0 spiro atoms. The van der Waals surface area contributed by atoms with Gasteiger partial charge in [-0.1, -0.05) is 12.1 Å². The van der Waals surface area contributed by atoms with Gasteiger partial charge in [0, 0.05) is 11.3 Å². The van der Waals surface area contributed by atoms with Gasteiger partial charge < -0.3 is 21.0 Å². The lowest BCUT2D eigenvalue weighted by atomic mass is 10.2. The van der Waals surface area contributed by atoms with E-state index < -0.39 is 5.91 Å². The number of aromatic nitrogens is 3. The first kappa shape index (κ1) is 15.6. The van der Waals surface area contributed by atoms with E-state index in [1.165, 1.54) is 12.1 Å². The molecule has 0 unspecified atom stereocenters. The van der Waals surface area contributed by atoms with Gasteiger partial charge in [0.25, 0.3) is 11.8 Å². The number of carbonyl (C=O) groups is 2. The van der Waals surface area contributed by atoms with E-state index in [-0.39, 0.29) is 17.3 Å². The molecule has 0 saturated carbocycles. The van der Waals surface area contributed by atoms with Crippen LogP contribution < -0.4 is 11.1 Å². The largest absolute Gasteiger partial charge is 0.364 e. The molecule has 0 atom stereocenters. The quantitative estimate of drug-likeness (QED) is 0.455. The Morgan fingerprint density at radius 3 is 2.31 bits per heavy atom. The summed E-state index contributed by atoms with van der Waals surface area (Å²) in [6.45, 7) is 0. The van der Waals surface area contributed by atoms with Crippen molar-refractivity contribution in [2.45, 2.75) is 0 Å². The highest BCUT2D eigenvalue weighted by Gasteiger charge is 2.11. The highest BCUT2D eigenvalue weighted by Crippen LogP contribution is 2.22. The SMILES string of the molecule is NC(=O)c1ccc(C(=O)Nc2ccc(-c3nc4ccccc4[nH]3)cc2)[nH]1. The lowest BCUT2D eigenvalue weighted by molar-refractivity contribution is 0.0996. The summed E-state index contributed by atoms with van der Waals surface area (Å²) < 4.78 is 0. The Bertz CT molecular complexity index is 1080. The van der Waals surface area contributed by atoms with Gasteiger partial charge in [0.05, 0.1) is 11.0 Å². The molecule has 5 N–H and O–H groups in total. The predicted octanol–water partition coefficient (Wildman–Crippen LogP) is 2.91. The first-order chi connectivity index (χ1) is 12.6. The van der Waals surface area contributed by atoms with Gasteiger partial charge in [-0.15, -0.1) is 0 Å². The second kappa shape index (κ2) is 6.21. The second-order valence-corrected chi connectivity index (χ2v) is 5.78. The molecule has 2 amide bonds. The zero-order chi connectivity index (χ0) is 18.1. The smallest absolute Gasteiger partial charge is 0.272 e. The number of para-hydroxylation sites is 2. The molecule has 0 aliphatic carbocycles. The summed E-state index contributed by atoms with van der Waals surface area (Å²) in [7, 11) is 0. The number of amides is 2. The molecule has 2 aromatic heterocycles. The molecule has 7 heteroatoms. The van der Waals surface area contributed by atoms with Crippen LogP contribution in [0.4, 0.5) is 5.69 Å². The topological polar surface area (TPSA) is 117 Å². The molecule has 26 heavy (non-hydrogen) atoms. The Kier molecular flexibility index (Phi) is 3.74. The van der Waals surface area contributed by atoms with Crippen LogP contribution in [0.25, 0.3) is 22.4 Å². The first-order valence-electron chi connectivity index (χ1n) is 7.95. The zero-order valence-corrected chi connectivity index (χ0v) is 13.6. The number of anilines is 1. The average molecular weight is 345 g/mol. The minimum atomic E-state index is -0.612. The van der Waals surface area contributed by atoms with Crippen molar-refractivity contribution in [3.05, 3.63) is 72.1 Å². The van der Waals surface area contributed by atoms with Crippen molar-refractivity contribution >= 4 is 28.5 Å². The summed E-state index contributed by atoms with van der Waals surface area (Å²) in [5.74, 6) is -0.201. The minimum Gasteiger partial charge on any atom is -0.364 e.